The molecule has 6 nitrogen and oxygen atoms in total. The van der Waals surface area contributed by atoms with Crippen LogP contribution < -0.4 is 9.64 Å². The van der Waals surface area contributed by atoms with Crippen LogP contribution in [0.5, 0.6) is 5.75 Å². The summed E-state index contributed by atoms with van der Waals surface area (Å²) in [5, 5.41) is 12.9. The number of carbonyl (C=O) groups excluding carboxylic acids is 2. The summed E-state index contributed by atoms with van der Waals surface area (Å²) in [4.78, 5) is 29.6. The number of ketones is 1. The topological polar surface area (TPSA) is 71.3 Å². The van der Waals surface area contributed by atoms with E-state index in [1.54, 1.807) is 36.3 Å². The number of carbonyl (C=O) groups is 2. The molecule has 7 heteroatoms. The van der Waals surface area contributed by atoms with Gasteiger partial charge in [-0.25, -0.2) is 0 Å². The Labute approximate surface area is 175 Å². The van der Waals surface area contributed by atoms with Crippen molar-refractivity contribution in [2.45, 2.75) is 19.9 Å². The Morgan fingerprint density at radius 3 is 2.41 bits per heavy atom. The van der Waals surface area contributed by atoms with Crippen molar-refractivity contribution in [3.63, 3.8) is 0 Å². The average Bonchev–Trinajstić information content (AvgIpc) is 3.36. The molecule has 1 aliphatic rings. The van der Waals surface area contributed by atoms with Gasteiger partial charge in [0.15, 0.2) is 0 Å². The van der Waals surface area contributed by atoms with Gasteiger partial charge in [0.1, 0.15) is 11.5 Å². The summed E-state index contributed by atoms with van der Waals surface area (Å²) in [6.07, 6.45) is 0. The smallest absolute Gasteiger partial charge is 0.295 e. The van der Waals surface area contributed by atoms with Gasteiger partial charge < -0.3 is 19.6 Å². The van der Waals surface area contributed by atoms with Crippen molar-refractivity contribution in [2.24, 2.45) is 0 Å². The van der Waals surface area contributed by atoms with Gasteiger partial charge in [0.25, 0.3) is 11.7 Å². The Bertz CT molecular complexity index is 886. The molecule has 1 aliphatic heterocycles. The Hall–Kier alpha value is -2.64. The highest BCUT2D eigenvalue weighted by Crippen LogP contribution is 2.40. The van der Waals surface area contributed by atoms with Crippen LogP contribution in [0.25, 0.3) is 5.76 Å². The number of nitrogens with zero attached hydrogens (tertiary/aromatic N) is 1. The predicted molar refractivity (Wildman–Crippen MR) is 113 cm³/mol. The highest BCUT2D eigenvalue weighted by atomic mass is 32.1. The molecule has 1 saturated heterocycles. The summed E-state index contributed by atoms with van der Waals surface area (Å²) in [5.74, 6) is -0.683. The molecule has 0 bridgehead atoms. The number of rotatable bonds is 8. The zero-order valence-electron chi connectivity index (χ0n) is 17.0. The third-order valence-electron chi connectivity index (χ3n) is 5.42. The number of quaternary nitrogens is 1. The van der Waals surface area contributed by atoms with E-state index in [2.05, 4.69) is 13.8 Å². The molecule has 0 radical (unpaired) electrons. The largest absolute Gasteiger partial charge is 0.507 e. The maximum atomic E-state index is 12.9. The maximum absolute atomic E-state index is 12.9. The molecule has 1 aromatic carbocycles. The number of Topliss-reactive ketones (excluding diaryl/α,β-unsaturated/α-hetero) is 1. The van der Waals surface area contributed by atoms with Crippen molar-refractivity contribution in [3.8, 4) is 5.75 Å². The first-order valence-corrected chi connectivity index (χ1v) is 10.7. The summed E-state index contributed by atoms with van der Waals surface area (Å²) >= 11 is 1.48. The van der Waals surface area contributed by atoms with E-state index in [4.69, 9.17) is 4.74 Å². The number of methoxy groups -OCH3 is 1. The molecule has 0 spiro atoms. The number of hydrogen-bond donors (Lipinski definition) is 2. The quantitative estimate of drug-likeness (QED) is 0.394. The third kappa shape index (κ3) is 4.21. The normalized spacial score (nSPS) is 18.6. The molecule has 1 amide bonds. The third-order valence-corrected chi connectivity index (χ3v) is 6.35. The Kier molecular flexibility index (Phi) is 6.71. The SMILES string of the molecule is CC[NH+](CC)CCN1C(=O)C(=O)C(=C(O)c2ccc(OC)cc2)[C@H]1c1cccs1. The summed E-state index contributed by atoms with van der Waals surface area (Å²) < 4.78 is 5.16. The molecule has 3 rings (SSSR count). The number of aliphatic hydroxyl groups is 1. The van der Waals surface area contributed by atoms with E-state index >= 15 is 0 Å². The van der Waals surface area contributed by atoms with Gasteiger partial charge in [-0.1, -0.05) is 6.07 Å². The summed E-state index contributed by atoms with van der Waals surface area (Å²) in [7, 11) is 1.56. The van der Waals surface area contributed by atoms with Crippen LogP contribution in [0.4, 0.5) is 0 Å². The molecular formula is C22H27N2O4S+. The van der Waals surface area contributed by atoms with Crippen LogP contribution in [0.2, 0.25) is 0 Å². The van der Waals surface area contributed by atoms with Crippen molar-refractivity contribution >= 4 is 28.8 Å². The lowest BCUT2D eigenvalue weighted by Gasteiger charge is -2.25. The number of hydrogen-bond acceptors (Lipinski definition) is 5. The van der Waals surface area contributed by atoms with Crippen LogP contribution in [0.15, 0.2) is 47.4 Å². The minimum absolute atomic E-state index is 0.150. The summed E-state index contributed by atoms with van der Waals surface area (Å²) in [6.45, 7) is 7.33. The summed E-state index contributed by atoms with van der Waals surface area (Å²) in [6, 6.07) is 10.0. The molecule has 29 heavy (non-hydrogen) atoms. The Morgan fingerprint density at radius 2 is 1.86 bits per heavy atom. The zero-order chi connectivity index (χ0) is 21.0. The first kappa shape index (κ1) is 21.1. The molecule has 1 aromatic heterocycles. The van der Waals surface area contributed by atoms with E-state index in [1.165, 1.54) is 16.2 Å². The van der Waals surface area contributed by atoms with E-state index in [0.29, 0.717) is 17.9 Å². The zero-order valence-corrected chi connectivity index (χ0v) is 17.8. The van der Waals surface area contributed by atoms with Crippen LogP contribution in [0.3, 0.4) is 0 Å². The molecule has 2 heterocycles. The fourth-order valence-corrected chi connectivity index (χ4v) is 4.49. The predicted octanol–water partition coefficient (Wildman–Crippen LogP) is 2.10. The van der Waals surface area contributed by atoms with Crippen LogP contribution >= 0.6 is 11.3 Å². The Morgan fingerprint density at radius 1 is 1.17 bits per heavy atom. The monoisotopic (exact) mass is 415 g/mol. The number of nitrogens with one attached hydrogen (secondary N) is 1. The van der Waals surface area contributed by atoms with Crippen molar-refractivity contribution in [3.05, 3.63) is 57.8 Å². The van der Waals surface area contributed by atoms with Crippen LogP contribution in [0, 0.1) is 0 Å². The van der Waals surface area contributed by atoms with Crippen molar-refractivity contribution in [1.82, 2.24) is 4.90 Å². The van der Waals surface area contributed by atoms with Gasteiger partial charge in [-0.15, -0.1) is 11.3 Å². The van der Waals surface area contributed by atoms with E-state index < -0.39 is 17.7 Å². The standard InChI is InChI=1S/C22H26N2O4S/c1-4-23(5-2)12-13-24-19(17-7-6-14-29-17)18(21(26)22(24)27)20(25)15-8-10-16(28-3)11-9-15/h6-11,14,19,25H,4-5,12-13H2,1-3H3/p+1/t19-/m1/s1. The fourth-order valence-electron chi connectivity index (χ4n) is 3.64. The molecule has 1 fully saturated rings. The van der Waals surface area contributed by atoms with E-state index in [0.717, 1.165) is 24.5 Å². The lowest BCUT2D eigenvalue weighted by Crippen LogP contribution is -3.12. The van der Waals surface area contributed by atoms with Gasteiger partial charge in [-0.2, -0.15) is 0 Å². The second-order valence-electron chi connectivity index (χ2n) is 6.94. The first-order chi connectivity index (χ1) is 14.0. The van der Waals surface area contributed by atoms with Crippen molar-refractivity contribution in [2.75, 3.05) is 33.3 Å². The maximum Gasteiger partial charge on any atom is 0.295 e. The molecular weight excluding hydrogens is 388 g/mol. The molecule has 2 aromatic rings. The molecule has 0 aliphatic carbocycles. The Balaban J connectivity index is 2.02. The van der Waals surface area contributed by atoms with Crippen LogP contribution in [-0.2, 0) is 9.59 Å². The first-order valence-electron chi connectivity index (χ1n) is 9.81. The average molecular weight is 416 g/mol. The highest BCUT2D eigenvalue weighted by molar-refractivity contribution is 7.10. The van der Waals surface area contributed by atoms with Gasteiger partial charge in [-0.3, -0.25) is 9.59 Å². The second kappa shape index (κ2) is 9.24. The fraction of sp³-hybridized carbons (Fsp3) is 0.364. The number of likely N-dealkylation sites (tertiary alicyclic amines) is 1. The lowest BCUT2D eigenvalue weighted by atomic mass is 10.00. The molecule has 0 saturated carbocycles. The van der Waals surface area contributed by atoms with Crippen molar-refractivity contribution < 1.29 is 24.3 Å². The molecule has 1 atom stereocenters. The number of ether oxygens (including phenoxy) is 1. The van der Waals surface area contributed by atoms with Gasteiger partial charge >= 0.3 is 0 Å². The van der Waals surface area contributed by atoms with E-state index in [-0.39, 0.29) is 11.3 Å². The molecule has 2 N–H and O–H groups in total. The van der Waals surface area contributed by atoms with Crippen molar-refractivity contribution in [1.29, 1.82) is 0 Å². The lowest BCUT2D eigenvalue weighted by molar-refractivity contribution is -0.895. The summed E-state index contributed by atoms with van der Waals surface area (Å²) in [5.41, 5.74) is 0.636. The number of aliphatic hydroxyl groups excluding tert-OH is 1. The van der Waals surface area contributed by atoms with Gasteiger partial charge in [-0.05, 0) is 49.6 Å². The highest BCUT2D eigenvalue weighted by Gasteiger charge is 2.46. The number of likely N-dealkylation sites (N-methyl/N-ethyl adjacent to an activating group) is 1. The number of benzene rings is 1. The van der Waals surface area contributed by atoms with Gasteiger partial charge in [0, 0.05) is 10.4 Å². The molecule has 154 valence electrons. The van der Waals surface area contributed by atoms with E-state index in [1.807, 2.05) is 17.5 Å². The van der Waals surface area contributed by atoms with Gasteiger partial charge in [0.2, 0.25) is 0 Å². The van der Waals surface area contributed by atoms with E-state index in [9.17, 15) is 14.7 Å². The minimum Gasteiger partial charge on any atom is -0.507 e. The van der Waals surface area contributed by atoms with Crippen LogP contribution in [0.1, 0.15) is 30.3 Å². The number of amides is 1. The molecule has 0 unspecified atom stereocenters. The van der Waals surface area contributed by atoms with Gasteiger partial charge in [0.05, 0.1) is 44.9 Å². The minimum atomic E-state index is -0.633. The number of thiophene rings is 1. The second-order valence-corrected chi connectivity index (χ2v) is 7.92. The van der Waals surface area contributed by atoms with Crippen LogP contribution in [-0.4, -0.2) is 55.0 Å².